The maximum atomic E-state index is 12.9. The summed E-state index contributed by atoms with van der Waals surface area (Å²) in [6.45, 7) is 0.548. The molecule has 3 atom stereocenters. The minimum Gasteiger partial charge on any atom is -0.508 e. The standard InChI is InChI=1S/C16H19F3N2O4/c1-9(6-10-2-4-11(22)5-3-10)20-15(25)21-7-12(14(23)24)13(8-21)16(17,18)19/h2-5,9,12-13,22H,6-8H2,1H3,(H,20,25)(H,23,24)/t9?,12-,13-/m1/s1. The van der Waals surface area contributed by atoms with Crippen molar-refractivity contribution >= 4 is 12.0 Å². The van der Waals surface area contributed by atoms with E-state index >= 15 is 0 Å². The number of carbonyl (C=O) groups is 2. The molecule has 138 valence electrons. The lowest BCUT2D eigenvalue weighted by atomic mass is 9.96. The number of carboxylic acids is 1. The summed E-state index contributed by atoms with van der Waals surface area (Å²) in [6.07, 6.45) is -4.25. The van der Waals surface area contributed by atoms with Crippen LogP contribution in [-0.2, 0) is 11.2 Å². The van der Waals surface area contributed by atoms with Gasteiger partial charge >= 0.3 is 18.2 Å². The van der Waals surface area contributed by atoms with E-state index in [1.165, 1.54) is 12.1 Å². The number of alkyl halides is 3. The number of carboxylic acid groups (broad SMARTS) is 1. The Hall–Kier alpha value is -2.45. The zero-order valence-corrected chi connectivity index (χ0v) is 13.5. The monoisotopic (exact) mass is 360 g/mol. The number of nitrogens with one attached hydrogen (secondary N) is 1. The molecule has 1 heterocycles. The van der Waals surface area contributed by atoms with Crippen LogP contribution >= 0.6 is 0 Å². The van der Waals surface area contributed by atoms with Gasteiger partial charge in [-0.1, -0.05) is 12.1 Å². The van der Waals surface area contributed by atoms with E-state index in [0.717, 1.165) is 10.5 Å². The quantitative estimate of drug-likeness (QED) is 0.768. The van der Waals surface area contributed by atoms with E-state index in [1.54, 1.807) is 19.1 Å². The van der Waals surface area contributed by atoms with Crippen LogP contribution < -0.4 is 5.32 Å². The number of benzene rings is 1. The second-order valence-electron chi connectivity index (χ2n) is 6.22. The van der Waals surface area contributed by atoms with Gasteiger partial charge in [-0.2, -0.15) is 13.2 Å². The molecule has 0 aliphatic carbocycles. The minimum atomic E-state index is -4.67. The number of halogens is 3. The van der Waals surface area contributed by atoms with Gasteiger partial charge in [-0.05, 0) is 31.0 Å². The molecule has 2 rings (SSSR count). The first-order valence-corrected chi connectivity index (χ1v) is 7.70. The lowest BCUT2D eigenvalue weighted by molar-refractivity contribution is -0.187. The number of nitrogens with zero attached hydrogens (tertiary/aromatic N) is 1. The van der Waals surface area contributed by atoms with Crippen molar-refractivity contribution in [3.05, 3.63) is 29.8 Å². The molecule has 1 aromatic rings. The third-order valence-corrected chi connectivity index (χ3v) is 4.19. The van der Waals surface area contributed by atoms with Crippen LogP contribution in [-0.4, -0.2) is 52.4 Å². The third-order valence-electron chi connectivity index (χ3n) is 4.19. The molecular weight excluding hydrogens is 341 g/mol. The van der Waals surface area contributed by atoms with Gasteiger partial charge in [0.1, 0.15) is 5.75 Å². The normalized spacial score (nSPS) is 21.8. The number of phenols is 1. The summed E-state index contributed by atoms with van der Waals surface area (Å²) in [5.41, 5.74) is 0.837. The number of likely N-dealkylation sites (tertiary alicyclic amines) is 1. The van der Waals surface area contributed by atoms with Crippen molar-refractivity contribution in [1.29, 1.82) is 0 Å². The molecule has 1 unspecified atom stereocenters. The Bertz CT molecular complexity index is 633. The molecule has 2 amide bonds. The van der Waals surface area contributed by atoms with Gasteiger partial charge in [-0.25, -0.2) is 4.79 Å². The molecule has 1 fully saturated rings. The molecule has 6 nitrogen and oxygen atoms in total. The fraction of sp³-hybridized carbons (Fsp3) is 0.500. The molecule has 3 N–H and O–H groups in total. The van der Waals surface area contributed by atoms with Gasteiger partial charge < -0.3 is 20.4 Å². The second kappa shape index (κ2) is 7.20. The second-order valence-corrected chi connectivity index (χ2v) is 6.22. The Morgan fingerprint density at radius 1 is 1.28 bits per heavy atom. The summed E-state index contributed by atoms with van der Waals surface area (Å²) in [4.78, 5) is 24.1. The zero-order valence-electron chi connectivity index (χ0n) is 13.5. The number of rotatable bonds is 4. The van der Waals surface area contributed by atoms with Crippen molar-refractivity contribution in [2.24, 2.45) is 11.8 Å². The van der Waals surface area contributed by atoms with Crippen LogP contribution in [0.5, 0.6) is 5.75 Å². The van der Waals surface area contributed by atoms with Gasteiger partial charge in [0.2, 0.25) is 0 Å². The molecule has 25 heavy (non-hydrogen) atoms. The van der Waals surface area contributed by atoms with Crippen molar-refractivity contribution in [1.82, 2.24) is 10.2 Å². The third kappa shape index (κ3) is 4.77. The number of carbonyl (C=O) groups excluding carboxylic acids is 1. The molecule has 0 saturated carbocycles. The van der Waals surface area contributed by atoms with E-state index in [2.05, 4.69) is 5.32 Å². The maximum absolute atomic E-state index is 12.9. The van der Waals surface area contributed by atoms with Crippen molar-refractivity contribution in [2.75, 3.05) is 13.1 Å². The van der Waals surface area contributed by atoms with Crippen LogP contribution in [0.3, 0.4) is 0 Å². The molecule has 1 aliphatic heterocycles. The highest BCUT2D eigenvalue weighted by atomic mass is 19.4. The highest BCUT2D eigenvalue weighted by molar-refractivity contribution is 5.78. The Kier molecular flexibility index (Phi) is 5.44. The van der Waals surface area contributed by atoms with Crippen molar-refractivity contribution in [2.45, 2.75) is 25.6 Å². The number of phenolic OH excluding ortho intramolecular Hbond substituents is 1. The molecule has 0 aromatic heterocycles. The van der Waals surface area contributed by atoms with Gasteiger partial charge in [-0.15, -0.1) is 0 Å². The first-order chi connectivity index (χ1) is 11.6. The van der Waals surface area contributed by atoms with Crippen LogP contribution in [0.4, 0.5) is 18.0 Å². The van der Waals surface area contributed by atoms with E-state index in [9.17, 15) is 27.9 Å². The highest BCUT2D eigenvalue weighted by Crippen LogP contribution is 2.37. The molecule has 0 radical (unpaired) electrons. The summed E-state index contributed by atoms with van der Waals surface area (Å²) < 4.78 is 38.8. The van der Waals surface area contributed by atoms with Crippen LogP contribution in [0, 0.1) is 11.8 Å². The first kappa shape index (κ1) is 18.9. The minimum absolute atomic E-state index is 0.107. The summed E-state index contributed by atoms with van der Waals surface area (Å²) >= 11 is 0. The first-order valence-electron chi connectivity index (χ1n) is 7.70. The van der Waals surface area contributed by atoms with Gasteiger partial charge in [0, 0.05) is 19.1 Å². The molecule has 0 bridgehead atoms. The highest BCUT2D eigenvalue weighted by Gasteiger charge is 2.53. The largest absolute Gasteiger partial charge is 0.508 e. The molecule has 1 saturated heterocycles. The average molecular weight is 360 g/mol. The van der Waals surface area contributed by atoms with Crippen LogP contribution in [0.25, 0.3) is 0 Å². The number of amides is 2. The van der Waals surface area contributed by atoms with Crippen molar-refractivity contribution in [3.8, 4) is 5.75 Å². The summed E-state index contributed by atoms with van der Waals surface area (Å²) in [5, 5.41) is 20.8. The van der Waals surface area contributed by atoms with E-state index in [1.807, 2.05) is 0 Å². The Morgan fingerprint density at radius 2 is 1.88 bits per heavy atom. The Balaban J connectivity index is 1.96. The molecule has 0 spiro atoms. The Labute approximate surface area is 142 Å². The summed E-state index contributed by atoms with van der Waals surface area (Å²) in [7, 11) is 0. The number of hydrogen-bond donors (Lipinski definition) is 3. The lowest BCUT2D eigenvalue weighted by Crippen LogP contribution is -2.44. The van der Waals surface area contributed by atoms with Gasteiger partial charge in [0.15, 0.2) is 0 Å². The zero-order chi connectivity index (χ0) is 18.8. The fourth-order valence-corrected chi connectivity index (χ4v) is 2.89. The Morgan fingerprint density at radius 3 is 2.36 bits per heavy atom. The molecule has 1 aliphatic rings. The van der Waals surface area contributed by atoms with Gasteiger partial charge in [-0.3, -0.25) is 4.79 Å². The topological polar surface area (TPSA) is 89.9 Å². The molecule has 9 heteroatoms. The van der Waals surface area contributed by atoms with Crippen molar-refractivity contribution < 1.29 is 33.0 Å². The number of hydrogen-bond acceptors (Lipinski definition) is 3. The predicted octanol–water partition coefficient (Wildman–Crippen LogP) is 2.23. The van der Waals surface area contributed by atoms with E-state index < -0.39 is 43.1 Å². The molecular formula is C16H19F3N2O4. The average Bonchev–Trinajstić information content (AvgIpc) is 2.95. The van der Waals surface area contributed by atoms with Crippen LogP contribution in [0.1, 0.15) is 12.5 Å². The summed E-state index contributed by atoms with van der Waals surface area (Å²) in [6, 6.07) is 5.25. The van der Waals surface area contributed by atoms with E-state index in [0.29, 0.717) is 6.42 Å². The van der Waals surface area contributed by atoms with E-state index in [-0.39, 0.29) is 11.8 Å². The van der Waals surface area contributed by atoms with Crippen molar-refractivity contribution in [3.63, 3.8) is 0 Å². The smallest absolute Gasteiger partial charge is 0.394 e. The van der Waals surface area contributed by atoms with Gasteiger partial charge in [0.05, 0.1) is 11.8 Å². The predicted molar refractivity (Wildman–Crippen MR) is 82.0 cm³/mol. The van der Waals surface area contributed by atoms with Crippen LogP contribution in [0.15, 0.2) is 24.3 Å². The number of urea groups is 1. The molecule has 1 aromatic carbocycles. The lowest BCUT2D eigenvalue weighted by Gasteiger charge is -2.21. The van der Waals surface area contributed by atoms with Gasteiger partial charge in [0.25, 0.3) is 0 Å². The number of aromatic hydroxyl groups is 1. The summed E-state index contributed by atoms with van der Waals surface area (Å²) in [5.74, 6) is -5.17. The SMILES string of the molecule is CC(Cc1ccc(O)cc1)NC(=O)N1C[C@@H](C(F)(F)F)[C@H](C(=O)O)C1. The number of aliphatic carboxylic acids is 1. The fourth-order valence-electron chi connectivity index (χ4n) is 2.89. The maximum Gasteiger partial charge on any atom is 0.394 e. The van der Waals surface area contributed by atoms with Crippen LogP contribution in [0.2, 0.25) is 0 Å². The van der Waals surface area contributed by atoms with E-state index in [4.69, 9.17) is 5.11 Å².